The average molecular weight is 861 g/mol. The minimum absolute atomic E-state index is 0.00114. The van der Waals surface area contributed by atoms with Crippen LogP contribution in [0, 0.1) is 0 Å². The maximum atomic E-state index is 2.59. The fourth-order valence-electron chi connectivity index (χ4n) is 13.3. The molecule has 316 valence electrons. The van der Waals surface area contributed by atoms with Crippen LogP contribution in [0.3, 0.4) is 0 Å². The average Bonchev–Trinajstić information content (AvgIpc) is 4.14. The van der Waals surface area contributed by atoms with E-state index in [4.69, 9.17) is 0 Å². The Morgan fingerprint density at radius 2 is 0.809 bits per heavy atom. The van der Waals surface area contributed by atoms with Crippen LogP contribution >= 0.6 is 0 Å². The second kappa shape index (κ2) is 14.3. The molecule has 11 aromatic carbocycles. The maximum absolute atomic E-state index is 2.59. The predicted octanol–water partition coefficient (Wildman–Crippen LogP) is 16.8. The second-order valence-electron chi connectivity index (χ2n) is 19.4. The van der Waals surface area contributed by atoms with Crippen LogP contribution in [-0.4, -0.2) is 0 Å². The lowest BCUT2D eigenvalue weighted by atomic mass is 9.70. The molecule has 1 spiro atoms. The first-order chi connectivity index (χ1) is 33.7. The predicted molar refractivity (Wildman–Crippen MR) is 281 cm³/mol. The van der Waals surface area contributed by atoms with Gasteiger partial charge in [0.05, 0.1) is 5.41 Å². The minimum Gasteiger partial charge on any atom is -0.0622 e. The van der Waals surface area contributed by atoms with Crippen molar-refractivity contribution in [1.29, 1.82) is 0 Å². The third kappa shape index (κ3) is 5.21. The monoisotopic (exact) mass is 860 g/mol. The van der Waals surface area contributed by atoms with Gasteiger partial charge in [-0.2, -0.15) is 0 Å². The third-order valence-corrected chi connectivity index (χ3v) is 16.1. The molecule has 0 heterocycles. The van der Waals surface area contributed by atoms with Gasteiger partial charge < -0.3 is 0 Å². The molecule has 4 aliphatic carbocycles. The van der Waals surface area contributed by atoms with E-state index in [9.17, 15) is 0 Å². The zero-order valence-corrected chi connectivity index (χ0v) is 37.5. The summed E-state index contributed by atoms with van der Waals surface area (Å²) in [6, 6.07) is 90.0. The van der Waals surface area contributed by atoms with Gasteiger partial charge in [0.2, 0.25) is 0 Å². The molecule has 4 aliphatic rings. The molecule has 0 saturated carbocycles. The summed E-state index contributed by atoms with van der Waals surface area (Å²) in [6.07, 6.45) is 1.86. The van der Waals surface area contributed by atoms with Gasteiger partial charge in [0.25, 0.3) is 0 Å². The molecule has 11 aromatic rings. The summed E-state index contributed by atoms with van der Waals surface area (Å²) in [6.45, 7) is 0. The van der Waals surface area contributed by atoms with E-state index >= 15 is 0 Å². The van der Waals surface area contributed by atoms with Gasteiger partial charge in [0.1, 0.15) is 0 Å². The number of hydrogen-bond acceptors (Lipinski definition) is 0. The van der Waals surface area contributed by atoms with Gasteiger partial charge >= 0.3 is 0 Å². The van der Waals surface area contributed by atoms with Gasteiger partial charge in [-0.15, -0.1) is 0 Å². The van der Waals surface area contributed by atoms with Crippen molar-refractivity contribution in [2.45, 2.75) is 24.2 Å². The maximum Gasteiger partial charge on any atom is 0.0725 e. The van der Waals surface area contributed by atoms with Gasteiger partial charge in [-0.1, -0.05) is 231 Å². The van der Waals surface area contributed by atoms with E-state index in [1.54, 1.807) is 0 Å². The van der Waals surface area contributed by atoms with Gasteiger partial charge in [-0.25, -0.2) is 0 Å². The summed E-state index contributed by atoms with van der Waals surface area (Å²) >= 11 is 0. The largest absolute Gasteiger partial charge is 0.0725 e. The third-order valence-electron chi connectivity index (χ3n) is 16.1. The van der Waals surface area contributed by atoms with E-state index in [1.165, 1.54) is 139 Å². The van der Waals surface area contributed by atoms with Crippen molar-refractivity contribution in [3.05, 3.63) is 298 Å². The summed E-state index contributed by atoms with van der Waals surface area (Å²) in [5, 5.41) is 2.63. The lowest BCUT2D eigenvalue weighted by Crippen LogP contribution is -2.26. The van der Waals surface area contributed by atoms with Crippen molar-refractivity contribution >= 4 is 10.8 Å². The molecule has 68 heavy (non-hydrogen) atoms. The Bertz CT molecular complexity index is 3840. The van der Waals surface area contributed by atoms with Gasteiger partial charge in [0.15, 0.2) is 0 Å². The molecule has 0 bridgehead atoms. The van der Waals surface area contributed by atoms with Crippen LogP contribution in [0.2, 0.25) is 0 Å². The van der Waals surface area contributed by atoms with Crippen molar-refractivity contribution < 1.29 is 0 Å². The van der Waals surface area contributed by atoms with Crippen LogP contribution in [0.5, 0.6) is 0 Å². The summed E-state index contributed by atoms with van der Waals surface area (Å²) in [4.78, 5) is 0. The highest BCUT2D eigenvalue weighted by Crippen LogP contribution is 2.63. The van der Waals surface area contributed by atoms with Crippen molar-refractivity contribution in [2.75, 3.05) is 0 Å². The van der Waals surface area contributed by atoms with Crippen molar-refractivity contribution in [1.82, 2.24) is 0 Å². The van der Waals surface area contributed by atoms with Crippen LogP contribution in [0.15, 0.2) is 237 Å². The number of fused-ring (bicyclic) bond motifs is 17. The molecule has 0 fully saturated rings. The number of hydrogen-bond donors (Lipinski definition) is 0. The molecule has 0 saturated heterocycles. The molecule has 15 rings (SSSR count). The van der Waals surface area contributed by atoms with Crippen LogP contribution in [0.25, 0.3) is 77.5 Å². The Hall–Kier alpha value is -8.32. The topological polar surface area (TPSA) is 0 Å². The van der Waals surface area contributed by atoms with Crippen LogP contribution in [-0.2, 0) is 18.3 Å². The van der Waals surface area contributed by atoms with Crippen LogP contribution in [0.4, 0.5) is 0 Å². The number of benzene rings is 11. The Kier molecular flexibility index (Phi) is 7.98. The van der Waals surface area contributed by atoms with Crippen LogP contribution in [0.1, 0.15) is 67.1 Å². The fraction of sp³-hybridized carbons (Fsp3) is 0.0588. The molecular weight excluding hydrogens is 817 g/mol. The van der Waals surface area contributed by atoms with E-state index in [0.717, 1.165) is 12.8 Å². The summed E-state index contributed by atoms with van der Waals surface area (Å²) in [5.41, 5.74) is 30.8. The van der Waals surface area contributed by atoms with Gasteiger partial charge in [-0.3, -0.25) is 0 Å². The highest BCUT2D eigenvalue weighted by atomic mass is 14.5. The van der Waals surface area contributed by atoms with Gasteiger partial charge in [0, 0.05) is 5.92 Å². The lowest BCUT2D eigenvalue weighted by molar-refractivity contribution is 0.789. The fourth-order valence-corrected chi connectivity index (χ4v) is 13.3. The zero-order valence-electron chi connectivity index (χ0n) is 37.5. The molecule has 0 aromatic heterocycles. The molecule has 0 radical (unpaired) electrons. The number of rotatable bonds is 5. The van der Waals surface area contributed by atoms with Crippen molar-refractivity contribution in [3.8, 4) is 66.8 Å². The van der Waals surface area contributed by atoms with E-state index in [-0.39, 0.29) is 5.92 Å². The van der Waals surface area contributed by atoms with Gasteiger partial charge in [-0.05, 0) is 158 Å². The summed E-state index contributed by atoms with van der Waals surface area (Å²) < 4.78 is 0. The molecule has 0 nitrogen and oxygen atoms in total. The quantitative estimate of drug-likeness (QED) is 0.151. The van der Waals surface area contributed by atoms with Crippen LogP contribution < -0.4 is 0 Å². The SMILES string of the molecule is c1ccc(-c2ccc(C(c3ccc4c(c3)Cc3c-4cc4ccccc4c3-c3cccc4c3Cc3ccccc3-4)c3ccc4c(c3)C3(c5ccccc5-c5ccccc53)c3ccccc3-4)cc2)cc1. The Labute approximate surface area is 397 Å². The highest BCUT2D eigenvalue weighted by molar-refractivity contribution is 6.06. The zero-order chi connectivity index (χ0) is 44.5. The molecule has 0 amide bonds. The standard InChI is InChI=1S/C68H44/c1-2-15-42(16-3-1)43-29-31-44(32-30-43)66(48-34-36-57-56-23-10-13-28-64(56)68(65(57)41-48)62-26-11-8-21-54(62)55-22-9-12-27-63(55)68)47-33-35-51-49(37-47)40-61-59(51)39-46-18-5-7-20-52(46)67(61)58-25-14-24-53-50-19-6-4-17-45(50)38-60(53)58/h1-37,39,41,66H,38,40H2. The first kappa shape index (κ1) is 37.9. The first-order valence-electron chi connectivity index (χ1n) is 24.2. The molecular formula is C68H44. The Morgan fingerprint density at radius 3 is 1.54 bits per heavy atom. The Morgan fingerprint density at radius 1 is 0.294 bits per heavy atom. The van der Waals surface area contributed by atoms with E-state index in [2.05, 4.69) is 237 Å². The van der Waals surface area contributed by atoms with Crippen molar-refractivity contribution in [2.24, 2.45) is 0 Å². The molecule has 0 heteroatoms. The lowest BCUT2D eigenvalue weighted by Gasteiger charge is -2.31. The molecule has 0 aliphatic heterocycles. The van der Waals surface area contributed by atoms with E-state index in [0.29, 0.717) is 0 Å². The molecule has 1 unspecified atom stereocenters. The molecule has 1 atom stereocenters. The Balaban J connectivity index is 0.919. The van der Waals surface area contributed by atoms with Crippen molar-refractivity contribution in [3.63, 3.8) is 0 Å². The second-order valence-corrected chi connectivity index (χ2v) is 19.4. The minimum atomic E-state index is -0.409. The molecule has 0 N–H and O–H groups in total. The first-order valence-corrected chi connectivity index (χ1v) is 24.2. The summed E-state index contributed by atoms with van der Waals surface area (Å²) in [7, 11) is 0. The van der Waals surface area contributed by atoms with E-state index in [1.807, 2.05) is 0 Å². The van der Waals surface area contributed by atoms with E-state index < -0.39 is 5.41 Å². The highest BCUT2D eigenvalue weighted by Gasteiger charge is 2.51. The summed E-state index contributed by atoms with van der Waals surface area (Å²) in [5.74, 6) is 0.00114. The normalized spacial score (nSPS) is 14.1. The smallest absolute Gasteiger partial charge is 0.0622 e.